The molecule has 12 heteroatoms. The molecule has 0 atom stereocenters. The lowest BCUT2D eigenvalue weighted by molar-refractivity contribution is -0.302. The molecule has 3 aromatic carbocycles. The summed E-state index contributed by atoms with van der Waals surface area (Å²) < 4.78 is 61.2. The Labute approximate surface area is 414 Å². The van der Waals surface area contributed by atoms with Crippen molar-refractivity contribution in [2.24, 2.45) is 0 Å². The van der Waals surface area contributed by atoms with E-state index in [1.165, 1.54) is 0 Å². The van der Waals surface area contributed by atoms with Crippen LogP contribution in [0.1, 0.15) is 185 Å². The minimum atomic E-state index is -1.08. The van der Waals surface area contributed by atoms with Crippen molar-refractivity contribution in [3.05, 3.63) is 36.4 Å². The fourth-order valence-electron chi connectivity index (χ4n) is 6.42. The Bertz CT molecular complexity index is 1490. The summed E-state index contributed by atoms with van der Waals surface area (Å²) in [6, 6.07) is 12.3. The lowest BCUT2D eigenvalue weighted by Gasteiger charge is -2.24. The summed E-state index contributed by atoms with van der Waals surface area (Å²) in [4.78, 5) is 11.5. The van der Waals surface area contributed by atoms with Gasteiger partial charge in [-0.1, -0.05) is 120 Å². The summed E-state index contributed by atoms with van der Waals surface area (Å²) in [5.74, 6) is 5.25. The molecule has 0 aliphatic heterocycles. The molecule has 0 unspecified atom stereocenters. The van der Waals surface area contributed by atoms with E-state index in [1.54, 1.807) is 0 Å². The lowest BCUT2D eigenvalue weighted by atomic mass is 10.2. The van der Waals surface area contributed by atoms with E-state index >= 15 is 0 Å². The number of carboxylic acids is 1. The van der Waals surface area contributed by atoms with Crippen molar-refractivity contribution in [3.63, 3.8) is 0 Å². The van der Waals surface area contributed by atoms with Gasteiger partial charge in [0.1, 0.15) is 28.1 Å². The predicted octanol–water partition coefficient (Wildman–Crippen LogP) is 14.1. The Morgan fingerprint density at radius 1 is 0.338 bits per heavy atom. The Morgan fingerprint density at radius 3 is 0.632 bits per heavy atom. The van der Waals surface area contributed by atoms with Crippen LogP contribution in [0.2, 0.25) is 0 Å². The fourth-order valence-corrected chi connectivity index (χ4v) is 8.95. The molecule has 3 aromatic rings. The van der Waals surface area contributed by atoms with Crippen LogP contribution in [-0.4, -0.2) is 65.4 Å². The first kappa shape index (κ1) is 59.8. The van der Waals surface area contributed by atoms with Gasteiger partial charge in [-0.05, 0) is 64.7 Å². The Hall–Kier alpha value is -4.32. The average molecular weight is 971 g/mol. The van der Waals surface area contributed by atoms with E-state index in [-0.39, 0.29) is 0 Å². The van der Waals surface area contributed by atoms with Gasteiger partial charge in [0.2, 0.25) is 0 Å². The van der Waals surface area contributed by atoms with Crippen LogP contribution in [0.15, 0.2) is 51.1 Å². The second kappa shape index (κ2) is 37.6. The third kappa shape index (κ3) is 22.4. The summed E-state index contributed by atoms with van der Waals surface area (Å²) >= 11 is 0. The number of benzene rings is 3. The maximum Gasteiger partial charge on any atom is 0.250 e. The van der Waals surface area contributed by atoms with Gasteiger partial charge in [0.25, 0.3) is 14.7 Å². The summed E-state index contributed by atoms with van der Waals surface area (Å²) in [6.45, 7) is 25.6. The second-order valence-electron chi connectivity index (χ2n) is 16.9. The smallest absolute Gasteiger partial charge is 0.250 e. The number of hydrogen-bond donors (Lipinski definition) is 0. The molecule has 0 heterocycles. The van der Waals surface area contributed by atoms with Gasteiger partial charge in [-0.3, -0.25) is 0 Å². The third-order valence-corrected chi connectivity index (χ3v) is 12.9. The van der Waals surface area contributed by atoms with Crippen molar-refractivity contribution in [2.45, 2.75) is 199 Å². The summed E-state index contributed by atoms with van der Waals surface area (Å²) in [5.41, 5.74) is 0. The minimum absolute atomic E-state index is 0.529. The summed E-state index contributed by atoms with van der Waals surface area (Å²) in [5, 5.41) is 8.89. The second-order valence-corrected chi connectivity index (χ2v) is 18.7. The lowest BCUT2D eigenvalue weighted by Crippen LogP contribution is -2.18. The number of aliphatic carboxylic acids is 1. The van der Waals surface area contributed by atoms with Gasteiger partial charge in [-0.15, -0.1) is 0 Å². The van der Waals surface area contributed by atoms with E-state index in [1.807, 2.05) is 0 Å². The molecular weight excluding hydrogens is 881 g/mol. The largest absolute Gasteiger partial charge is 0.550 e. The number of carbonyl (C=O) groups excluding carboxylic acids is 1. The maximum atomic E-state index is 8.89. The molecular formula is C56H90O11S. The quantitative estimate of drug-likeness (QED) is 0.0401. The minimum Gasteiger partial charge on any atom is -0.550 e. The number of hydrogen-bond acceptors (Lipinski definition) is 11. The molecule has 0 aliphatic carbocycles. The van der Waals surface area contributed by atoms with Gasteiger partial charge in [0, 0.05) is 42.4 Å². The van der Waals surface area contributed by atoms with Crippen LogP contribution in [0.5, 0.6) is 51.7 Å². The molecule has 0 spiro atoms. The molecule has 0 bridgehead atoms. The van der Waals surface area contributed by atoms with Gasteiger partial charge in [-0.25, -0.2) is 0 Å². The summed E-state index contributed by atoms with van der Waals surface area (Å²) in [6.07, 6.45) is 17.2. The predicted molar refractivity (Wildman–Crippen MR) is 276 cm³/mol. The Morgan fingerprint density at radius 2 is 0.485 bits per heavy atom. The topological polar surface area (TPSA) is 123 Å². The van der Waals surface area contributed by atoms with Gasteiger partial charge >= 0.3 is 0 Å². The molecule has 0 aliphatic rings. The van der Waals surface area contributed by atoms with E-state index in [4.69, 9.17) is 52.5 Å². The zero-order valence-electron chi connectivity index (χ0n) is 44.0. The van der Waals surface area contributed by atoms with Crippen LogP contribution in [-0.2, 0) is 15.7 Å². The molecule has 3 rings (SSSR count). The van der Waals surface area contributed by atoms with E-state index in [9.17, 15) is 0 Å². The van der Waals surface area contributed by atoms with Crippen molar-refractivity contribution in [3.8, 4) is 51.7 Å². The van der Waals surface area contributed by atoms with E-state index in [2.05, 4.69) is 98.7 Å². The molecule has 68 heavy (non-hydrogen) atoms. The molecule has 0 amide bonds. The maximum absolute atomic E-state index is 8.89. The highest BCUT2D eigenvalue weighted by Gasteiger charge is 2.47. The van der Waals surface area contributed by atoms with Crippen molar-refractivity contribution < 1.29 is 52.5 Å². The highest BCUT2D eigenvalue weighted by atomic mass is 32.2. The molecule has 0 saturated heterocycles. The molecule has 11 nitrogen and oxygen atoms in total. The van der Waals surface area contributed by atoms with Gasteiger partial charge < -0.3 is 52.5 Å². The fraction of sp³-hybridized carbons (Fsp3) is 0.661. The van der Waals surface area contributed by atoms with E-state index in [0.717, 1.165) is 154 Å². The molecule has 0 radical (unpaired) electrons. The number of carboxylic acid groups (broad SMARTS) is 1. The molecule has 0 saturated carbocycles. The Balaban J connectivity index is 0.00000381. The zero-order valence-corrected chi connectivity index (χ0v) is 44.8. The summed E-state index contributed by atoms with van der Waals surface area (Å²) in [7, 11) is -1.08. The number of unbranched alkanes of at least 4 members (excludes halogenated alkanes) is 9. The average Bonchev–Trinajstić information content (AvgIpc) is 3.31. The SMILES string of the molecule is CC(=O)[O-].CCCCOc1cc(OCCCC)c([S+](c2c(OCCCC)cc(OCCCC)cc2OCCCC)c2c(OCCCC)cc(OCCCC)cc2OCCCC)c(OCCCC)c1. The first-order valence-electron chi connectivity index (χ1n) is 26.3. The van der Waals surface area contributed by atoms with Gasteiger partial charge in [0.15, 0.2) is 34.5 Å². The van der Waals surface area contributed by atoms with Crippen LogP contribution < -0.4 is 47.7 Å². The van der Waals surface area contributed by atoms with Crippen LogP contribution in [0.4, 0.5) is 0 Å². The number of carbonyl (C=O) groups is 1. The van der Waals surface area contributed by atoms with Crippen LogP contribution >= 0.6 is 0 Å². The normalized spacial score (nSPS) is 10.9. The van der Waals surface area contributed by atoms with Crippen molar-refractivity contribution >= 4 is 16.9 Å². The number of ether oxygens (including phenoxy) is 9. The first-order valence-corrected chi connectivity index (χ1v) is 27.5. The van der Waals surface area contributed by atoms with E-state index < -0.39 is 16.9 Å². The molecule has 0 aromatic heterocycles. The van der Waals surface area contributed by atoms with E-state index in [0.29, 0.717) is 94.0 Å². The highest BCUT2D eigenvalue weighted by Crippen LogP contribution is 2.56. The molecule has 0 fully saturated rings. The first-order chi connectivity index (χ1) is 33.2. The van der Waals surface area contributed by atoms with Crippen LogP contribution in [0.3, 0.4) is 0 Å². The number of rotatable bonds is 39. The highest BCUT2D eigenvalue weighted by molar-refractivity contribution is 7.97. The molecule has 386 valence electrons. The third-order valence-electron chi connectivity index (χ3n) is 10.4. The monoisotopic (exact) mass is 971 g/mol. The van der Waals surface area contributed by atoms with Crippen molar-refractivity contribution in [2.75, 3.05) is 59.5 Å². The van der Waals surface area contributed by atoms with Crippen LogP contribution in [0, 0.1) is 0 Å². The van der Waals surface area contributed by atoms with Gasteiger partial charge in [0.05, 0.1) is 59.5 Å². The van der Waals surface area contributed by atoms with Gasteiger partial charge in [-0.2, -0.15) is 0 Å². The van der Waals surface area contributed by atoms with Crippen LogP contribution in [0.25, 0.3) is 0 Å². The zero-order chi connectivity index (χ0) is 49.8. The Kier molecular flexibility index (Phi) is 33.0. The standard InChI is InChI=1S/C54H87O9S.C2H4O2/c1-10-19-28-55-43-37-46(58-31-22-13-4)52(47(38-43)59-32-23-14-5)64(53-48(60-33-24-15-6)39-44(56-29-20-11-2)40-49(53)61-34-25-16-7)54-50(62-35-26-17-8)41-45(57-30-21-12-3)42-51(54)63-36-27-18-9;1-2(3)4/h37-42H,10-36H2,1-9H3;1H3,(H,3,4)/q+1;/p-1. The van der Waals surface area contributed by atoms with Crippen molar-refractivity contribution in [1.82, 2.24) is 0 Å². The molecule has 0 N–H and O–H groups in total. The van der Waals surface area contributed by atoms with Crippen molar-refractivity contribution in [1.29, 1.82) is 0 Å².